The predicted octanol–water partition coefficient (Wildman–Crippen LogP) is 3.26. The van der Waals surface area contributed by atoms with Gasteiger partial charge in [-0.2, -0.15) is 0 Å². The van der Waals surface area contributed by atoms with Gasteiger partial charge in [-0.05, 0) is 50.2 Å². The van der Waals surface area contributed by atoms with E-state index in [2.05, 4.69) is 5.32 Å². The summed E-state index contributed by atoms with van der Waals surface area (Å²) in [6, 6.07) is 14.7. The lowest BCUT2D eigenvalue weighted by Crippen LogP contribution is -2.38. The van der Waals surface area contributed by atoms with Gasteiger partial charge in [0.1, 0.15) is 11.5 Å². The minimum absolute atomic E-state index is 0.00585. The molecular formula is C21H26N2O4. The molecule has 0 bridgehead atoms. The fourth-order valence-electron chi connectivity index (χ4n) is 2.47. The normalized spacial score (nSPS) is 10.2. The summed E-state index contributed by atoms with van der Waals surface area (Å²) in [5, 5.41) is 2.78. The zero-order chi connectivity index (χ0) is 19.6. The van der Waals surface area contributed by atoms with Gasteiger partial charge in [0.05, 0.1) is 26.7 Å². The van der Waals surface area contributed by atoms with E-state index < -0.39 is 0 Å². The number of ether oxygens (including phenoxy) is 2. The number of benzene rings is 2. The van der Waals surface area contributed by atoms with Crippen LogP contribution in [0, 0.1) is 6.92 Å². The molecule has 0 aromatic heterocycles. The fourth-order valence-corrected chi connectivity index (χ4v) is 2.47. The number of carbonyl (C=O) groups is 2. The average molecular weight is 370 g/mol. The lowest BCUT2D eigenvalue weighted by molar-refractivity contribution is -0.134. The van der Waals surface area contributed by atoms with E-state index in [1.807, 2.05) is 38.1 Å². The van der Waals surface area contributed by atoms with Crippen LogP contribution in [0.3, 0.4) is 0 Å². The van der Waals surface area contributed by atoms with Gasteiger partial charge in [0.25, 0.3) is 0 Å². The van der Waals surface area contributed by atoms with E-state index in [1.165, 1.54) is 4.90 Å². The molecule has 0 spiro atoms. The fraction of sp³-hybridized carbons (Fsp3) is 0.333. The highest BCUT2D eigenvalue weighted by Crippen LogP contribution is 2.15. The van der Waals surface area contributed by atoms with E-state index in [0.717, 1.165) is 11.3 Å². The summed E-state index contributed by atoms with van der Waals surface area (Å²) in [6.07, 6.45) is 0.220. The summed E-state index contributed by atoms with van der Waals surface area (Å²) in [7, 11) is 1.58. The highest BCUT2D eigenvalue weighted by atomic mass is 16.5. The highest BCUT2D eigenvalue weighted by molar-refractivity contribution is 5.94. The molecule has 27 heavy (non-hydrogen) atoms. The van der Waals surface area contributed by atoms with Crippen LogP contribution in [0.1, 0.15) is 18.9 Å². The number of aryl methyl sites for hydroxylation is 1. The van der Waals surface area contributed by atoms with Gasteiger partial charge in [0, 0.05) is 12.2 Å². The number of amides is 2. The Balaban J connectivity index is 1.78. The Kier molecular flexibility index (Phi) is 7.67. The number of nitrogens with one attached hydrogen (secondary N) is 1. The minimum Gasteiger partial charge on any atom is -0.497 e. The second-order valence-electron chi connectivity index (χ2n) is 6.10. The van der Waals surface area contributed by atoms with Gasteiger partial charge >= 0.3 is 0 Å². The molecule has 0 unspecified atom stereocenters. The van der Waals surface area contributed by atoms with Gasteiger partial charge in [-0.15, -0.1) is 0 Å². The van der Waals surface area contributed by atoms with E-state index in [9.17, 15) is 9.59 Å². The first kappa shape index (κ1) is 20.3. The number of hydrogen-bond donors (Lipinski definition) is 1. The Bertz CT molecular complexity index is 742. The molecule has 0 saturated carbocycles. The van der Waals surface area contributed by atoms with Crippen LogP contribution in [0.25, 0.3) is 0 Å². The monoisotopic (exact) mass is 370 g/mol. The standard InChI is InChI=1S/C21H26N2O4/c1-4-23(15-20(24)22-17-7-11-18(26-3)12-8-17)21(25)13-14-27-19-9-5-16(2)6-10-19/h5-12H,4,13-15H2,1-3H3,(H,22,24). The van der Waals surface area contributed by atoms with Crippen molar-refractivity contribution in [3.63, 3.8) is 0 Å². The molecule has 2 amide bonds. The molecule has 0 atom stereocenters. The Morgan fingerprint density at radius 3 is 2.22 bits per heavy atom. The van der Waals surface area contributed by atoms with Crippen LogP contribution in [0.5, 0.6) is 11.5 Å². The van der Waals surface area contributed by atoms with Crippen LogP contribution >= 0.6 is 0 Å². The zero-order valence-electron chi connectivity index (χ0n) is 16.0. The van der Waals surface area contributed by atoms with E-state index in [4.69, 9.17) is 9.47 Å². The first-order valence-electron chi connectivity index (χ1n) is 8.93. The largest absolute Gasteiger partial charge is 0.497 e. The summed E-state index contributed by atoms with van der Waals surface area (Å²) in [6.45, 7) is 4.59. The molecular weight excluding hydrogens is 344 g/mol. The van der Waals surface area contributed by atoms with Crippen LogP contribution in [-0.4, -0.2) is 43.5 Å². The number of nitrogens with zero attached hydrogens (tertiary/aromatic N) is 1. The number of hydrogen-bond acceptors (Lipinski definition) is 4. The number of methoxy groups -OCH3 is 1. The molecule has 6 heteroatoms. The van der Waals surface area contributed by atoms with E-state index in [0.29, 0.717) is 18.0 Å². The Hall–Kier alpha value is -3.02. The predicted molar refractivity (Wildman–Crippen MR) is 105 cm³/mol. The van der Waals surface area contributed by atoms with Crippen molar-refractivity contribution in [3.05, 3.63) is 54.1 Å². The van der Waals surface area contributed by atoms with Gasteiger partial charge in [-0.1, -0.05) is 17.7 Å². The minimum atomic E-state index is -0.241. The van der Waals surface area contributed by atoms with Crippen LogP contribution in [0.15, 0.2) is 48.5 Å². The van der Waals surface area contributed by atoms with Crippen molar-refractivity contribution in [1.82, 2.24) is 4.90 Å². The molecule has 0 heterocycles. The molecule has 1 N–H and O–H groups in total. The highest BCUT2D eigenvalue weighted by Gasteiger charge is 2.15. The molecule has 144 valence electrons. The van der Waals surface area contributed by atoms with E-state index in [-0.39, 0.29) is 31.4 Å². The Morgan fingerprint density at radius 1 is 1.00 bits per heavy atom. The van der Waals surface area contributed by atoms with Gasteiger partial charge in [-0.3, -0.25) is 9.59 Å². The summed E-state index contributed by atoms with van der Waals surface area (Å²) >= 11 is 0. The van der Waals surface area contributed by atoms with Crippen molar-refractivity contribution in [2.75, 3.05) is 32.1 Å². The van der Waals surface area contributed by atoms with Crippen molar-refractivity contribution >= 4 is 17.5 Å². The second kappa shape index (κ2) is 10.2. The molecule has 0 radical (unpaired) electrons. The zero-order valence-corrected chi connectivity index (χ0v) is 16.0. The number of rotatable bonds is 9. The summed E-state index contributed by atoms with van der Waals surface area (Å²) in [5.74, 6) is 1.09. The van der Waals surface area contributed by atoms with Crippen molar-refractivity contribution < 1.29 is 19.1 Å². The van der Waals surface area contributed by atoms with Gasteiger partial charge < -0.3 is 19.7 Å². The summed E-state index contributed by atoms with van der Waals surface area (Å²) in [4.78, 5) is 26.1. The first-order valence-corrected chi connectivity index (χ1v) is 8.93. The second-order valence-corrected chi connectivity index (χ2v) is 6.10. The number of carbonyl (C=O) groups excluding carboxylic acids is 2. The molecule has 2 aromatic carbocycles. The molecule has 0 fully saturated rings. The quantitative estimate of drug-likeness (QED) is 0.736. The first-order chi connectivity index (χ1) is 13.0. The van der Waals surface area contributed by atoms with E-state index >= 15 is 0 Å². The lowest BCUT2D eigenvalue weighted by Gasteiger charge is -2.20. The van der Waals surface area contributed by atoms with Crippen LogP contribution in [-0.2, 0) is 9.59 Å². The SMILES string of the molecule is CCN(CC(=O)Nc1ccc(OC)cc1)C(=O)CCOc1ccc(C)cc1. The third-order valence-corrected chi connectivity index (χ3v) is 4.05. The molecule has 2 rings (SSSR count). The molecule has 0 aliphatic heterocycles. The Morgan fingerprint density at radius 2 is 1.63 bits per heavy atom. The molecule has 0 saturated heterocycles. The molecule has 6 nitrogen and oxygen atoms in total. The van der Waals surface area contributed by atoms with Crippen molar-refractivity contribution in [1.29, 1.82) is 0 Å². The summed E-state index contributed by atoms with van der Waals surface area (Å²) in [5.41, 5.74) is 1.81. The maximum atomic E-state index is 12.3. The third kappa shape index (κ3) is 6.66. The molecule has 0 aliphatic rings. The topological polar surface area (TPSA) is 67.9 Å². The van der Waals surface area contributed by atoms with Crippen molar-refractivity contribution in [2.24, 2.45) is 0 Å². The molecule has 0 aliphatic carbocycles. The number of anilines is 1. The van der Waals surface area contributed by atoms with Gasteiger partial charge in [0.2, 0.25) is 11.8 Å². The molecule has 2 aromatic rings. The van der Waals surface area contributed by atoms with Crippen LogP contribution in [0.2, 0.25) is 0 Å². The third-order valence-electron chi connectivity index (χ3n) is 4.05. The number of likely N-dealkylation sites (N-methyl/N-ethyl adjacent to an activating group) is 1. The van der Waals surface area contributed by atoms with E-state index in [1.54, 1.807) is 31.4 Å². The maximum absolute atomic E-state index is 12.3. The Labute approximate surface area is 160 Å². The summed E-state index contributed by atoms with van der Waals surface area (Å²) < 4.78 is 10.7. The van der Waals surface area contributed by atoms with Gasteiger partial charge in [0.15, 0.2) is 0 Å². The van der Waals surface area contributed by atoms with Crippen molar-refractivity contribution in [2.45, 2.75) is 20.3 Å². The average Bonchev–Trinajstić information content (AvgIpc) is 2.68. The van der Waals surface area contributed by atoms with Crippen molar-refractivity contribution in [3.8, 4) is 11.5 Å². The van der Waals surface area contributed by atoms with Crippen LogP contribution < -0.4 is 14.8 Å². The van der Waals surface area contributed by atoms with Gasteiger partial charge in [-0.25, -0.2) is 0 Å². The van der Waals surface area contributed by atoms with Crippen LogP contribution in [0.4, 0.5) is 5.69 Å². The maximum Gasteiger partial charge on any atom is 0.243 e. The lowest BCUT2D eigenvalue weighted by atomic mass is 10.2. The smallest absolute Gasteiger partial charge is 0.243 e.